The summed E-state index contributed by atoms with van der Waals surface area (Å²) in [7, 11) is 0. The highest BCUT2D eigenvalue weighted by atomic mass is 79.9. The van der Waals surface area contributed by atoms with Gasteiger partial charge in [0.2, 0.25) is 0 Å². The molecular weight excluding hydrogens is 249 g/mol. The number of hydrogen-bond donors (Lipinski definition) is 1. The van der Waals surface area contributed by atoms with E-state index < -0.39 is 0 Å². The maximum atomic E-state index is 13.5. The van der Waals surface area contributed by atoms with Crippen molar-refractivity contribution in [2.24, 2.45) is 5.73 Å². The third-order valence-electron chi connectivity index (χ3n) is 2.42. The highest BCUT2D eigenvalue weighted by Gasteiger charge is 2.30. The predicted molar refractivity (Wildman–Crippen MR) is 55.4 cm³/mol. The maximum Gasteiger partial charge on any atom is 0.130 e. The first-order chi connectivity index (χ1) is 6.70. The Bertz CT molecular complexity index is 325. The lowest BCUT2D eigenvalue weighted by Gasteiger charge is -2.17. The highest BCUT2D eigenvalue weighted by molar-refractivity contribution is 9.10. The minimum Gasteiger partial charge on any atom is -0.372 e. The van der Waals surface area contributed by atoms with Crippen LogP contribution in [0.3, 0.4) is 0 Å². The standard InChI is InChI=1S/C10H11BrFNO/c11-6-2-1-3-7(12)9(6)10-8(13)4-5-14-10/h1-3,8,10H,4-5,13H2. The molecule has 1 saturated heterocycles. The molecule has 1 fully saturated rings. The van der Waals surface area contributed by atoms with Gasteiger partial charge in [0.15, 0.2) is 0 Å². The first-order valence-electron chi connectivity index (χ1n) is 4.51. The molecule has 0 saturated carbocycles. The predicted octanol–water partition coefficient (Wildman–Crippen LogP) is 2.38. The Hall–Kier alpha value is -0.450. The summed E-state index contributed by atoms with van der Waals surface area (Å²) in [6.07, 6.45) is 0.469. The largest absolute Gasteiger partial charge is 0.372 e. The quantitative estimate of drug-likeness (QED) is 0.841. The molecule has 2 atom stereocenters. The summed E-state index contributed by atoms with van der Waals surface area (Å²) in [6, 6.07) is 4.77. The molecule has 76 valence electrons. The number of nitrogens with two attached hydrogens (primary N) is 1. The number of rotatable bonds is 1. The van der Waals surface area contributed by atoms with Crippen molar-refractivity contribution < 1.29 is 9.13 Å². The van der Waals surface area contributed by atoms with Gasteiger partial charge in [0.25, 0.3) is 0 Å². The van der Waals surface area contributed by atoms with Gasteiger partial charge in [-0.3, -0.25) is 0 Å². The summed E-state index contributed by atoms with van der Waals surface area (Å²) in [4.78, 5) is 0. The number of ether oxygens (including phenoxy) is 1. The molecular formula is C10H11BrFNO. The minimum atomic E-state index is -0.314. The van der Waals surface area contributed by atoms with E-state index in [0.29, 0.717) is 12.2 Å². The van der Waals surface area contributed by atoms with Gasteiger partial charge >= 0.3 is 0 Å². The Balaban J connectivity index is 2.39. The van der Waals surface area contributed by atoms with Gasteiger partial charge in [-0.05, 0) is 18.6 Å². The summed E-state index contributed by atoms with van der Waals surface area (Å²) < 4.78 is 19.7. The third kappa shape index (κ3) is 1.69. The van der Waals surface area contributed by atoms with Crippen LogP contribution in [0.1, 0.15) is 18.1 Å². The molecule has 4 heteroatoms. The molecule has 0 bridgehead atoms. The van der Waals surface area contributed by atoms with E-state index in [-0.39, 0.29) is 18.0 Å². The van der Waals surface area contributed by atoms with Crippen molar-refractivity contribution in [2.45, 2.75) is 18.6 Å². The zero-order valence-corrected chi connectivity index (χ0v) is 9.13. The topological polar surface area (TPSA) is 35.2 Å². The van der Waals surface area contributed by atoms with E-state index in [2.05, 4.69) is 15.9 Å². The summed E-state index contributed by atoms with van der Waals surface area (Å²) in [5, 5.41) is 0. The Kier molecular flexibility index (Phi) is 2.85. The second-order valence-electron chi connectivity index (χ2n) is 3.38. The normalized spacial score (nSPS) is 26.8. The summed E-state index contributed by atoms with van der Waals surface area (Å²) in [5.74, 6) is -0.262. The van der Waals surface area contributed by atoms with Crippen LogP contribution in [0.5, 0.6) is 0 Å². The van der Waals surface area contributed by atoms with E-state index in [1.807, 2.05) is 0 Å². The van der Waals surface area contributed by atoms with Gasteiger partial charge in [-0.25, -0.2) is 4.39 Å². The Morgan fingerprint density at radius 1 is 1.50 bits per heavy atom. The molecule has 1 aliphatic heterocycles. The van der Waals surface area contributed by atoms with Crippen LogP contribution in [0.25, 0.3) is 0 Å². The van der Waals surface area contributed by atoms with Crippen molar-refractivity contribution >= 4 is 15.9 Å². The second-order valence-corrected chi connectivity index (χ2v) is 4.23. The fourth-order valence-corrected chi connectivity index (χ4v) is 2.25. The molecule has 0 aromatic heterocycles. The first kappa shape index (κ1) is 10.1. The van der Waals surface area contributed by atoms with Crippen molar-refractivity contribution in [1.82, 2.24) is 0 Å². The lowest BCUT2D eigenvalue weighted by atomic mass is 10.0. The van der Waals surface area contributed by atoms with Crippen LogP contribution in [-0.4, -0.2) is 12.6 Å². The van der Waals surface area contributed by atoms with E-state index in [1.54, 1.807) is 12.1 Å². The Morgan fingerprint density at radius 2 is 2.29 bits per heavy atom. The van der Waals surface area contributed by atoms with Gasteiger partial charge in [0.1, 0.15) is 11.9 Å². The molecule has 1 heterocycles. The zero-order valence-electron chi connectivity index (χ0n) is 7.54. The summed E-state index contributed by atoms with van der Waals surface area (Å²) in [6.45, 7) is 0.604. The van der Waals surface area contributed by atoms with Crippen LogP contribution in [0.4, 0.5) is 4.39 Å². The van der Waals surface area contributed by atoms with E-state index in [1.165, 1.54) is 6.07 Å². The molecule has 0 aliphatic carbocycles. The molecule has 1 aromatic rings. The van der Waals surface area contributed by atoms with E-state index in [0.717, 1.165) is 10.9 Å². The average Bonchev–Trinajstić information content (AvgIpc) is 2.52. The van der Waals surface area contributed by atoms with Crippen LogP contribution in [0.2, 0.25) is 0 Å². The molecule has 0 radical (unpaired) electrons. The van der Waals surface area contributed by atoms with Crippen LogP contribution >= 0.6 is 15.9 Å². The van der Waals surface area contributed by atoms with Crippen molar-refractivity contribution in [3.05, 3.63) is 34.1 Å². The van der Waals surface area contributed by atoms with E-state index >= 15 is 0 Å². The molecule has 2 unspecified atom stereocenters. The van der Waals surface area contributed by atoms with Gasteiger partial charge in [-0.15, -0.1) is 0 Å². The number of hydrogen-bond acceptors (Lipinski definition) is 2. The number of halogens is 2. The SMILES string of the molecule is NC1CCOC1c1c(F)cccc1Br. The molecule has 2 nitrogen and oxygen atoms in total. The summed E-state index contributed by atoms with van der Waals surface area (Å²) in [5.41, 5.74) is 6.38. The molecule has 2 rings (SSSR count). The number of benzene rings is 1. The monoisotopic (exact) mass is 259 g/mol. The van der Waals surface area contributed by atoms with Gasteiger partial charge in [-0.2, -0.15) is 0 Å². The lowest BCUT2D eigenvalue weighted by Crippen LogP contribution is -2.24. The van der Waals surface area contributed by atoms with Crippen LogP contribution in [0.15, 0.2) is 22.7 Å². The van der Waals surface area contributed by atoms with Gasteiger partial charge in [-0.1, -0.05) is 22.0 Å². The molecule has 1 aromatic carbocycles. The van der Waals surface area contributed by atoms with E-state index in [9.17, 15) is 4.39 Å². The van der Waals surface area contributed by atoms with Crippen LogP contribution < -0.4 is 5.73 Å². The maximum absolute atomic E-state index is 13.5. The molecule has 14 heavy (non-hydrogen) atoms. The first-order valence-corrected chi connectivity index (χ1v) is 5.30. The second kappa shape index (κ2) is 3.96. The van der Waals surface area contributed by atoms with Crippen molar-refractivity contribution in [3.8, 4) is 0 Å². The van der Waals surface area contributed by atoms with Crippen molar-refractivity contribution in [2.75, 3.05) is 6.61 Å². The third-order valence-corrected chi connectivity index (χ3v) is 3.11. The Labute approximate surface area is 90.4 Å². The van der Waals surface area contributed by atoms with Crippen LogP contribution in [-0.2, 0) is 4.74 Å². The van der Waals surface area contributed by atoms with Gasteiger partial charge in [0.05, 0.1) is 0 Å². The van der Waals surface area contributed by atoms with E-state index in [4.69, 9.17) is 10.5 Å². The smallest absolute Gasteiger partial charge is 0.130 e. The average molecular weight is 260 g/mol. The van der Waals surface area contributed by atoms with Gasteiger partial charge in [0, 0.05) is 22.7 Å². The van der Waals surface area contributed by atoms with Crippen molar-refractivity contribution in [3.63, 3.8) is 0 Å². The van der Waals surface area contributed by atoms with Crippen LogP contribution in [0, 0.1) is 5.82 Å². The van der Waals surface area contributed by atoms with Crippen molar-refractivity contribution in [1.29, 1.82) is 0 Å². The lowest BCUT2D eigenvalue weighted by molar-refractivity contribution is 0.101. The Morgan fingerprint density at radius 3 is 2.86 bits per heavy atom. The molecule has 1 aliphatic rings. The fraction of sp³-hybridized carbons (Fsp3) is 0.400. The summed E-state index contributed by atoms with van der Waals surface area (Å²) >= 11 is 3.31. The fourth-order valence-electron chi connectivity index (χ4n) is 1.69. The highest BCUT2D eigenvalue weighted by Crippen LogP contribution is 2.34. The van der Waals surface area contributed by atoms with Gasteiger partial charge < -0.3 is 10.5 Å². The zero-order chi connectivity index (χ0) is 10.1. The molecule has 0 spiro atoms. The molecule has 0 amide bonds. The minimum absolute atomic E-state index is 0.108. The molecule has 2 N–H and O–H groups in total.